The third kappa shape index (κ3) is 2.77. The SMILES string of the molecule is Cc1cc([C@H]2CCCN2C(=O)Nc2ccccc2C)no1. The average molecular weight is 285 g/mol. The van der Waals surface area contributed by atoms with Crippen molar-refractivity contribution in [3.8, 4) is 0 Å². The minimum Gasteiger partial charge on any atom is -0.361 e. The number of hydrogen-bond donors (Lipinski definition) is 1. The van der Waals surface area contributed by atoms with Crippen molar-refractivity contribution < 1.29 is 9.32 Å². The molecule has 0 spiro atoms. The molecule has 1 fully saturated rings. The summed E-state index contributed by atoms with van der Waals surface area (Å²) in [6.07, 6.45) is 1.91. The number of nitrogens with zero attached hydrogens (tertiary/aromatic N) is 2. The van der Waals surface area contributed by atoms with E-state index in [4.69, 9.17) is 4.52 Å². The van der Waals surface area contributed by atoms with E-state index in [1.165, 1.54) is 0 Å². The highest BCUT2D eigenvalue weighted by Gasteiger charge is 2.32. The minimum atomic E-state index is -0.0764. The van der Waals surface area contributed by atoms with Crippen LogP contribution in [0.4, 0.5) is 10.5 Å². The van der Waals surface area contributed by atoms with Gasteiger partial charge in [0, 0.05) is 18.3 Å². The van der Waals surface area contributed by atoms with E-state index in [-0.39, 0.29) is 12.1 Å². The summed E-state index contributed by atoms with van der Waals surface area (Å²) in [5.74, 6) is 0.774. The lowest BCUT2D eigenvalue weighted by Crippen LogP contribution is -2.34. The molecule has 0 aliphatic carbocycles. The van der Waals surface area contributed by atoms with Crippen molar-refractivity contribution in [2.45, 2.75) is 32.7 Å². The van der Waals surface area contributed by atoms with E-state index in [0.717, 1.165) is 42.1 Å². The van der Waals surface area contributed by atoms with E-state index in [0.29, 0.717) is 0 Å². The summed E-state index contributed by atoms with van der Waals surface area (Å²) < 4.78 is 5.13. The van der Waals surface area contributed by atoms with Crippen LogP contribution in [0.2, 0.25) is 0 Å². The maximum Gasteiger partial charge on any atom is 0.322 e. The first-order valence-corrected chi connectivity index (χ1v) is 7.21. The van der Waals surface area contributed by atoms with Crippen LogP contribution in [0.1, 0.15) is 35.9 Å². The summed E-state index contributed by atoms with van der Waals surface area (Å²) in [7, 11) is 0. The Balaban J connectivity index is 1.76. The first kappa shape index (κ1) is 13.7. The lowest BCUT2D eigenvalue weighted by atomic mass is 10.1. The zero-order chi connectivity index (χ0) is 14.8. The van der Waals surface area contributed by atoms with Gasteiger partial charge in [-0.3, -0.25) is 0 Å². The lowest BCUT2D eigenvalue weighted by molar-refractivity contribution is 0.204. The second-order valence-corrected chi connectivity index (χ2v) is 5.46. The van der Waals surface area contributed by atoms with E-state index >= 15 is 0 Å². The van der Waals surface area contributed by atoms with E-state index < -0.39 is 0 Å². The van der Waals surface area contributed by atoms with Gasteiger partial charge < -0.3 is 14.7 Å². The molecule has 1 aliphatic heterocycles. The van der Waals surface area contributed by atoms with E-state index in [1.807, 2.05) is 49.1 Å². The second-order valence-electron chi connectivity index (χ2n) is 5.46. The van der Waals surface area contributed by atoms with Crippen LogP contribution in [0.5, 0.6) is 0 Å². The van der Waals surface area contributed by atoms with Crippen molar-refractivity contribution in [2.75, 3.05) is 11.9 Å². The molecule has 1 saturated heterocycles. The monoisotopic (exact) mass is 285 g/mol. The summed E-state index contributed by atoms with van der Waals surface area (Å²) in [6, 6.07) is 9.62. The van der Waals surface area contributed by atoms with Crippen molar-refractivity contribution in [2.24, 2.45) is 0 Å². The topological polar surface area (TPSA) is 58.4 Å². The number of carbonyl (C=O) groups is 1. The van der Waals surface area contributed by atoms with Crippen LogP contribution in [0.3, 0.4) is 0 Å². The number of benzene rings is 1. The van der Waals surface area contributed by atoms with Crippen LogP contribution in [0.25, 0.3) is 0 Å². The summed E-state index contributed by atoms with van der Waals surface area (Å²) in [5, 5.41) is 7.05. The summed E-state index contributed by atoms with van der Waals surface area (Å²) >= 11 is 0. The highest BCUT2D eigenvalue weighted by atomic mass is 16.5. The fourth-order valence-corrected chi connectivity index (χ4v) is 2.76. The van der Waals surface area contributed by atoms with Gasteiger partial charge in [-0.25, -0.2) is 4.79 Å². The van der Waals surface area contributed by atoms with Gasteiger partial charge in [-0.05, 0) is 38.3 Å². The molecule has 2 heterocycles. The van der Waals surface area contributed by atoms with Gasteiger partial charge in [-0.1, -0.05) is 23.4 Å². The molecule has 5 heteroatoms. The quantitative estimate of drug-likeness (QED) is 0.916. The van der Waals surface area contributed by atoms with Crippen molar-refractivity contribution in [1.29, 1.82) is 0 Å². The predicted molar refractivity (Wildman–Crippen MR) is 80.1 cm³/mol. The molecule has 3 rings (SSSR count). The molecular weight excluding hydrogens is 266 g/mol. The number of hydrogen-bond acceptors (Lipinski definition) is 3. The van der Waals surface area contributed by atoms with Gasteiger partial charge in [0.05, 0.1) is 6.04 Å². The molecule has 0 saturated carbocycles. The molecule has 110 valence electrons. The van der Waals surface area contributed by atoms with Crippen LogP contribution in [-0.4, -0.2) is 22.6 Å². The Hall–Kier alpha value is -2.30. The normalized spacial score (nSPS) is 18.0. The Kier molecular flexibility index (Phi) is 3.64. The number of aryl methyl sites for hydroxylation is 2. The van der Waals surface area contributed by atoms with Crippen molar-refractivity contribution in [3.05, 3.63) is 47.3 Å². The first-order valence-electron chi connectivity index (χ1n) is 7.21. The van der Waals surface area contributed by atoms with Gasteiger partial charge in [0.25, 0.3) is 0 Å². The smallest absolute Gasteiger partial charge is 0.322 e. The molecule has 1 atom stereocenters. The fourth-order valence-electron chi connectivity index (χ4n) is 2.76. The minimum absolute atomic E-state index is 0.00599. The zero-order valence-corrected chi connectivity index (χ0v) is 12.3. The number of urea groups is 1. The Morgan fingerprint density at radius 2 is 2.19 bits per heavy atom. The van der Waals surface area contributed by atoms with E-state index in [9.17, 15) is 4.79 Å². The molecule has 1 N–H and O–H groups in total. The number of aromatic nitrogens is 1. The standard InChI is InChI=1S/C16H19N3O2/c1-11-6-3-4-7-13(11)17-16(20)19-9-5-8-15(19)14-10-12(2)21-18-14/h3-4,6-7,10,15H,5,8-9H2,1-2H3,(H,17,20)/t15-/m1/s1. The fraction of sp³-hybridized carbons (Fsp3) is 0.375. The Bertz CT molecular complexity index is 650. The molecule has 1 aliphatic rings. The maximum atomic E-state index is 12.5. The Morgan fingerprint density at radius 3 is 2.90 bits per heavy atom. The molecule has 2 aromatic rings. The van der Waals surface area contributed by atoms with Gasteiger partial charge in [-0.15, -0.1) is 0 Å². The van der Waals surface area contributed by atoms with E-state index in [2.05, 4.69) is 10.5 Å². The van der Waals surface area contributed by atoms with E-state index in [1.54, 1.807) is 0 Å². The molecule has 5 nitrogen and oxygen atoms in total. The molecule has 0 radical (unpaired) electrons. The molecule has 1 aromatic carbocycles. The third-order valence-corrected chi connectivity index (χ3v) is 3.89. The van der Waals surface area contributed by atoms with Gasteiger partial charge in [0.2, 0.25) is 0 Å². The van der Waals surface area contributed by atoms with Crippen LogP contribution < -0.4 is 5.32 Å². The van der Waals surface area contributed by atoms with Crippen molar-refractivity contribution >= 4 is 11.7 Å². The highest BCUT2D eigenvalue weighted by Crippen LogP contribution is 2.32. The number of nitrogens with one attached hydrogen (secondary N) is 1. The average Bonchev–Trinajstić information content (AvgIpc) is 3.09. The summed E-state index contributed by atoms with van der Waals surface area (Å²) in [4.78, 5) is 14.4. The largest absolute Gasteiger partial charge is 0.361 e. The van der Waals surface area contributed by atoms with Crippen LogP contribution in [0.15, 0.2) is 34.9 Å². The molecular formula is C16H19N3O2. The highest BCUT2D eigenvalue weighted by molar-refractivity contribution is 5.90. The summed E-state index contributed by atoms with van der Waals surface area (Å²) in [5.41, 5.74) is 2.74. The number of rotatable bonds is 2. The van der Waals surface area contributed by atoms with Gasteiger partial charge in [-0.2, -0.15) is 0 Å². The van der Waals surface area contributed by atoms with Crippen LogP contribution >= 0.6 is 0 Å². The maximum absolute atomic E-state index is 12.5. The summed E-state index contributed by atoms with van der Waals surface area (Å²) in [6.45, 7) is 4.59. The number of likely N-dealkylation sites (tertiary alicyclic amines) is 1. The van der Waals surface area contributed by atoms with Crippen molar-refractivity contribution in [3.63, 3.8) is 0 Å². The predicted octanol–water partition coefficient (Wildman–Crippen LogP) is 3.66. The first-order chi connectivity index (χ1) is 10.1. The molecule has 21 heavy (non-hydrogen) atoms. The molecule has 2 amide bonds. The van der Waals surface area contributed by atoms with Crippen LogP contribution in [-0.2, 0) is 0 Å². The number of carbonyl (C=O) groups excluding carboxylic acids is 1. The molecule has 0 unspecified atom stereocenters. The van der Waals surface area contributed by atoms with Gasteiger partial charge in [0.1, 0.15) is 11.5 Å². The number of amides is 2. The Morgan fingerprint density at radius 1 is 1.38 bits per heavy atom. The van der Waals surface area contributed by atoms with Crippen molar-refractivity contribution in [1.82, 2.24) is 10.1 Å². The third-order valence-electron chi connectivity index (χ3n) is 3.89. The molecule has 0 bridgehead atoms. The van der Waals surface area contributed by atoms with Crippen LogP contribution in [0, 0.1) is 13.8 Å². The molecule has 1 aromatic heterocycles. The van der Waals surface area contributed by atoms with Gasteiger partial charge in [0.15, 0.2) is 0 Å². The van der Waals surface area contributed by atoms with Gasteiger partial charge >= 0.3 is 6.03 Å². The Labute approximate surface area is 123 Å². The lowest BCUT2D eigenvalue weighted by Gasteiger charge is -2.23. The number of anilines is 1. The second kappa shape index (κ2) is 5.60. The number of para-hydroxylation sites is 1. The zero-order valence-electron chi connectivity index (χ0n) is 12.3.